The van der Waals surface area contributed by atoms with Gasteiger partial charge in [0.1, 0.15) is 0 Å². The minimum atomic E-state index is -5.51. The maximum absolute atomic E-state index is 13.3. The molecule has 4 aliphatic carbocycles. The first-order chi connectivity index (χ1) is 24.9. The van der Waals surface area contributed by atoms with E-state index in [9.17, 15) is 26.3 Å². The first-order valence-corrected chi connectivity index (χ1v) is 22.3. The van der Waals surface area contributed by atoms with Gasteiger partial charge in [-0.2, -0.15) is 26.3 Å². The molecular formula is C45H78F6O2. The van der Waals surface area contributed by atoms with Crippen molar-refractivity contribution in [3.05, 3.63) is 0 Å². The third-order valence-corrected chi connectivity index (χ3v) is 15.7. The molecule has 4 aliphatic rings. The van der Waals surface area contributed by atoms with E-state index >= 15 is 0 Å². The highest BCUT2D eigenvalue weighted by atomic mass is 19.4. The van der Waals surface area contributed by atoms with Crippen LogP contribution in [0.3, 0.4) is 0 Å². The Bertz CT molecular complexity index is 1040. The minimum absolute atomic E-state index is 0.105. The standard InChI is InChI=1S/C45H78F6O2/c1-33(2)20-17-15-13-11-9-7-8-10-12-14-16-18-30-52-36-26-28-41(4)35(32-36)22-23-37-39-25-24-38(42(39,5)29-27-40(37)41)34(3)21-19-31-53-43(6,44(46,47)48)45(49,50)51/h33-40H,7-32H2,1-6H3. The molecule has 4 saturated carbocycles. The molecule has 0 aromatic carbocycles. The predicted molar refractivity (Wildman–Crippen MR) is 205 cm³/mol. The maximum Gasteiger partial charge on any atom is 0.426 e. The summed E-state index contributed by atoms with van der Waals surface area (Å²) in [6.07, 6.45) is 19.0. The molecule has 312 valence electrons. The van der Waals surface area contributed by atoms with E-state index in [-0.39, 0.29) is 24.7 Å². The lowest BCUT2D eigenvalue weighted by atomic mass is 9.44. The lowest BCUT2D eigenvalue weighted by Gasteiger charge is -2.61. The molecule has 0 heterocycles. The van der Waals surface area contributed by atoms with Crippen molar-refractivity contribution in [3.8, 4) is 0 Å². The summed E-state index contributed by atoms with van der Waals surface area (Å²) in [7, 11) is 0. The van der Waals surface area contributed by atoms with E-state index in [1.165, 1.54) is 135 Å². The molecule has 2 nitrogen and oxygen atoms in total. The Kier molecular flexibility index (Phi) is 16.9. The predicted octanol–water partition coefficient (Wildman–Crippen LogP) is 15.1. The first kappa shape index (κ1) is 45.2. The van der Waals surface area contributed by atoms with E-state index in [1.54, 1.807) is 0 Å². The number of ether oxygens (including phenoxy) is 2. The molecule has 4 rings (SSSR count). The lowest BCUT2D eigenvalue weighted by molar-refractivity contribution is -0.374. The fraction of sp³-hybridized carbons (Fsp3) is 1.00. The molecule has 9 unspecified atom stereocenters. The van der Waals surface area contributed by atoms with Gasteiger partial charge in [0.15, 0.2) is 0 Å². The summed E-state index contributed by atoms with van der Waals surface area (Å²) in [5.74, 6) is 4.44. The molecule has 8 heteroatoms. The maximum atomic E-state index is 13.3. The van der Waals surface area contributed by atoms with E-state index in [1.807, 2.05) is 0 Å². The average molecular weight is 765 g/mol. The average Bonchev–Trinajstić information content (AvgIpc) is 3.44. The number of rotatable bonds is 22. The molecule has 53 heavy (non-hydrogen) atoms. The largest absolute Gasteiger partial charge is 0.426 e. The van der Waals surface area contributed by atoms with Gasteiger partial charge in [0.25, 0.3) is 5.60 Å². The van der Waals surface area contributed by atoms with E-state index < -0.39 is 24.6 Å². The van der Waals surface area contributed by atoms with Crippen LogP contribution in [-0.4, -0.2) is 37.3 Å². The van der Waals surface area contributed by atoms with Gasteiger partial charge >= 0.3 is 12.4 Å². The van der Waals surface area contributed by atoms with Gasteiger partial charge in [0, 0.05) is 13.2 Å². The second-order valence-electron chi connectivity index (χ2n) is 19.6. The smallest absolute Gasteiger partial charge is 0.378 e. The molecule has 9 atom stereocenters. The fourth-order valence-electron chi connectivity index (χ4n) is 12.2. The first-order valence-electron chi connectivity index (χ1n) is 22.3. The van der Waals surface area contributed by atoms with Gasteiger partial charge in [0.2, 0.25) is 0 Å². The molecule has 0 N–H and O–H groups in total. The van der Waals surface area contributed by atoms with Crippen LogP contribution >= 0.6 is 0 Å². The number of fused-ring (bicyclic) bond motifs is 5. The van der Waals surface area contributed by atoms with Crippen molar-refractivity contribution in [2.45, 2.75) is 220 Å². The lowest BCUT2D eigenvalue weighted by Crippen LogP contribution is -2.56. The number of halogens is 6. The summed E-state index contributed by atoms with van der Waals surface area (Å²) in [6.45, 7) is 12.3. The highest BCUT2D eigenvalue weighted by Gasteiger charge is 2.69. The van der Waals surface area contributed by atoms with Crippen molar-refractivity contribution < 1.29 is 35.8 Å². The van der Waals surface area contributed by atoms with Gasteiger partial charge in [-0.1, -0.05) is 112 Å². The van der Waals surface area contributed by atoms with E-state index in [0.29, 0.717) is 29.8 Å². The topological polar surface area (TPSA) is 18.5 Å². The monoisotopic (exact) mass is 765 g/mol. The number of hydrogen-bond donors (Lipinski definition) is 0. The minimum Gasteiger partial charge on any atom is -0.378 e. The van der Waals surface area contributed by atoms with Crippen LogP contribution in [0.4, 0.5) is 26.3 Å². The number of unbranched alkanes of at least 4 members (excludes halogenated alkanes) is 11. The number of hydrogen-bond acceptors (Lipinski definition) is 2. The Hall–Kier alpha value is -0.500. The normalized spacial score (nSPS) is 32.8. The summed E-state index contributed by atoms with van der Waals surface area (Å²) in [4.78, 5) is 0. The van der Waals surface area contributed by atoms with Crippen molar-refractivity contribution in [1.82, 2.24) is 0 Å². The van der Waals surface area contributed by atoms with Gasteiger partial charge in [-0.05, 0) is 136 Å². The summed E-state index contributed by atoms with van der Waals surface area (Å²) in [6, 6.07) is 0. The summed E-state index contributed by atoms with van der Waals surface area (Å²) < 4.78 is 90.7. The molecule has 0 aromatic rings. The van der Waals surface area contributed by atoms with Gasteiger partial charge in [-0.3, -0.25) is 0 Å². The van der Waals surface area contributed by atoms with Gasteiger partial charge in [-0.15, -0.1) is 0 Å². The zero-order valence-corrected chi connectivity index (χ0v) is 34.6. The van der Waals surface area contributed by atoms with Gasteiger partial charge in [0.05, 0.1) is 6.10 Å². The van der Waals surface area contributed by atoms with Crippen molar-refractivity contribution in [2.24, 2.45) is 52.3 Å². The van der Waals surface area contributed by atoms with Gasteiger partial charge in [-0.25, -0.2) is 0 Å². The molecule has 0 radical (unpaired) electrons. The highest BCUT2D eigenvalue weighted by molar-refractivity contribution is 5.10. The van der Waals surface area contributed by atoms with Crippen LogP contribution < -0.4 is 0 Å². The van der Waals surface area contributed by atoms with E-state index in [0.717, 1.165) is 36.7 Å². The molecule has 0 aliphatic heterocycles. The molecule has 0 aromatic heterocycles. The summed E-state index contributed by atoms with van der Waals surface area (Å²) in [5.41, 5.74) is -3.55. The SMILES string of the molecule is CC(C)CCCCCCCCCCCCCCOC1CCC2(C)C(CCC3C2CCC2(C)C(C(C)CCCOC(C)(C(F)(F)F)C(F)(F)F)CCC32)C1. The van der Waals surface area contributed by atoms with Crippen molar-refractivity contribution in [2.75, 3.05) is 13.2 Å². The summed E-state index contributed by atoms with van der Waals surface area (Å²) >= 11 is 0. The van der Waals surface area contributed by atoms with Crippen molar-refractivity contribution >= 4 is 0 Å². The third-order valence-electron chi connectivity index (χ3n) is 15.7. The quantitative estimate of drug-likeness (QED) is 0.0807. The Labute approximate surface area is 320 Å². The Morgan fingerprint density at radius 2 is 1.13 bits per heavy atom. The highest BCUT2D eigenvalue weighted by Crippen LogP contribution is 2.68. The van der Waals surface area contributed by atoms with Gasteiger partial charge < -0.3 is 9.47 Å². The molecular weight excluding hydrogens is 686 g/mol. The second kappa shape index (κ2) is 19.8. The second-order valence-corrected chi connectivity index (χ2v) is 19.6. The van der Waals surface area contributed by atoms with Crippen LogP contribution in [-0.2, 0) is 9.47 Å². The molecule has 0 amide bonds. The van der Waals surface area contributed by atoms with Crippen LogP contribution in [0.1, 0.15) is 196 Å². The third kappa shape index (κ3) is 11.3. The molecule has 0 bridgehead atoms. The fourth-order valence-corrected chi connectivity index (χ4v) is 12.2. The zero-order valence-electron chi connectivity index (χ0n) is 34.6. The van der Waals surface area contributed by atoms with Crippen LogP contribution in [0.2, 0.25) is 0 Å². The Balaban J connectivity index is 1.12. The van der Waals surface area contributed by atoms with Crippen molar-refractivity contribution in [1.29, 1.82) is 0 Å². The zero-order chi connectivity index (χ0) is 38.9. The summed E-state index contributed by atoms with van der Waals surface area (Å²) in [5, 5.41) is 0. The van der Waals surface area contributed by atoms with Crippen LogP contribution in [0.25, 0.3) is 0 Å². The number of alkyl halides is 6. The Morgan fingerprint density at radius 1 is 0.585 bits per heavy atom. The van der Waals surface area contributed by atoms with Crippen LogP contribution in [0.15, 0.2) is 0 Å². The van der Waals surface area contributed by atoms with Crippen LogP contribution in [0, 0.1) is 52.3 Å². The molecule has 0 spiro atoms. The Morgan fingerprint density at radius 3 is 1.72 bits per heavy atom. The van der Waals surface area contributed by atoms with E-state index in [2.05, 4.69) is 39.4 Å². The van der Waals surface area contributed by atoms with E-state index in [4.69, 9.17) is 4.74 Å². The molecule has 4 fully saturated rings. The molecule has 0 saturated heterocycles. The van der Waals surface area contributed by atoms with Crippen LogP contribution in [0.5, 0.6) is 0 Å². The van der Waals surface area contributed by atoms with Crippen molar-refractivity contribution in [3.63, 3.8) is 0 Å².